The number of aryl methyl sites for hydroxylation is 1. The number of aromatic nitrogens is 2. The first kappa shape index (κ1) is 19.8. The smallest absolute Gasteiger partial charge is 0.328 e. The number of hydrogen-bond acceptors (Lipinski definition) is 5. The molecule has 2 aromatic heterocycles. The molecule has 0 N–H and O–H groups in total. The first-order valence-electron chi connectivity index (χ1n) is 9.48. The lowest BCUT2D eigenvalue weighted by Gasteiger charge is -2.28. The van der Waals surface area contributed by atoms with Crippen molar-refractivity contribution in [3.05, 3.63) is 81.9 Å². The van der Waals surface area contributed by atoms with Crippen LogP contribution in [-0.4, -0.2) is 33.3 Å². The van der Waals surface area contributed by atoms with Crippen molar-refractivity contribution in [1.29, 1.82) is 0 Å². The van der Waals surface area contributed by atoms with Crippen molar-refractivity contribution in [3.63, 3.8) is 0 Å². The Morgan fingerprint density at radius 3 is 2.54 bits per heavy atom. The van der Waals surface area contributed by atoms with Crippen LogP contribution in [0.25, 0.3) is 5.65 Å². The van der Waals surface area contributed by atoms with Crippen molar-refractivity contribution in [2.24, 2.45) is 0 Å². The number of esters is 1. The molecule has 0 bridgehead atoms. The number of hydrogen-bond donors (Lipinski definition) is 0. The normalized spacial score (nSPS) is 12.3. The Morgan fingerprint density at radius 1 is 1.14 bits per heavy atom. The molecule has 0 aliphatic heterocycles. The molecule has 2 heterocycles. The fraction of sp³-hybridized carbons (Fsp3) is 0.318. The van der Waals surface area contributed by atoms with Gasteiger partial charge in [0.25, 0.3) is 5.56 Å². The molecule has 0 aliphatic rings. The highest BCUT2D eigenvalue weighted by molar-refractivity contribution is 5.77. The number of fused-ring (bicyclic) bond motifs is 1. The van der Waals surface area contributed by atoms with E-state index >= 15 is 0 Å². The Bertz CT molecular complexity index is 1010. The van der Waals surface area contributed by atoms with Gasteiger partial charge in [-0.1, -0.05) is 50.2 Å². The molecule has 3 aromatic rings. The van der Waals surface area contributed by atoms with Crippen LogP contribution in [0.5, 0.6) is 0 Å². The number of carbonyl (C=O) groups is 1. The maximum atomic E-state index is 12.9. The van der Waals surface area contributed by atoms with Crippen molar-refractivity contribution in [2.75, 3.05) is 13.1 Å². The molecule has 6 nitrogen and oxygen atoms in total. The van der Waals surface area contributed by atoms with Gasteiger partial charge >= 0.3 is 5.97 Å². The minimum Gasteiger partial charge on any atom is -0.458 e. The molecule has 0 fully saturated rings. The van der Waals surface area contributed by atoms with Crippen LogP contribution in [0.1, 0.15) is 36.7 Å². The Balaban J connectivity index is 1.82. The molecule has 0 radical (unpaired) electrons. The summed E-state index contributed by atoms with van der Waals surface area (Å²) >= 11 is 0. The summed E-state index contributed by atoms with van der Waals surface area (Å²) in [7, 11) is 0. The highest BCUT2D eigenvalue weighted by atomic mass is 16.5. The molecule has 6 heteroatoms. The van der Waals surface area contributed by atoms with Gasteiger partial charge < -0.3 is 4.74 Å². The van der Waals surface area contributed by atoms with E-state index in [-0.39, 0.29) is 18.1 Å². The van der Waals surface area contributed by atoms with Gasteiger partial charge in [-0.25, -0.2) is 9.78 Å². The Morgan fingerprint density at radius 2 is 1.86 bits per heavy atom. The molecule has 146 valence electrons. The first-order valence-corrected chi connectivity index (χ1v) is 9.48. The van der Waals surface area contributed by atoms with Gasteiger partial charge in [0.05, 0.1) is 5.69 Å². The summed E-state index contributed by atoms with van der Waals surface area (Å²) in [5.41, 5.74) is 2.64. The van der Waals surface area contributed by atoms with Crippen molar-refractivity contribution in [1.82, 2.24) is 14.3 Å². The average molecular weight is 379 g/mol. The fourth-order valence-electron chi connectivity index (χ4n) is 3.28. The summed E-state index contributed by atoms with van der Waals surface area (Å²) in [6.45, 7) is 7.35. The molecular weight excluding hydrogens is 354 g/mol. The lowest BCUT2D eigenvalue weighted by atomic mass is 10.1. The number of likely N-dealkylation sites (N-methyl/N-ethyl adjacent to an activating group) is 1. The van der Waals surface area contributed by atoms with Gasteiger partial charge in [-0.3, -0.25) is 14.1 Å². The molecule has 1 unspecified atom stereocenters. The molecule has 0 aliphatic carbocycles. The van der Waals surface area contributed by atoms with E-state index in [1.54, 1.807) is 12.3 Å². The second-order valence-corrected chi connectivity index (χ2v) is 6.66. The van der Waals surface area contributed by atoms with E-state index in [1.165, 1.54) is 10.5 Å². The predicted molar refractivity (Wildman–Crippen MR) is 108 cm³/mol. The monoisotopic (exact) mass is 379 g/mol. The minimum absolute atomic E-state index is 0.0386. The van der Waals surface area contributed by atoms with E-state index in [0.717, 1.165) is 24.2 Å². The molecule has 1 atom stereocenters. The van der Waals surface area contributed by atoms with Crippen LogP contribution in [-0.2, 0) is 16.1 Å². The molecule has 28 heavy (non-hydrogen) atoms. The van der Waals surface area contributed by atoms with Crippen molar-refractivity contribution in [2.45, 2.75) is 33.4 Å². The van der Waals surface area contributed by atoms with E-state index in [9.17, 15) is 9.59 Å². The second-order valence-electron chi connectivity index (χ2n) is 6.66. The summed E-state index contributed by atoms with van der Waals surface area (Å²) in [4.78, 5) is 31.7. The van der Waals surface area contributed by atoms with Crippen LogP contribution in [0.4, 0.5) is 0 Å². The van der Waals surface area contributed by atoms with Crippen LogP contribution in [0.3, 0.4) is 0 Å². The standard InChI is InChI=1S/C22H25N3O3/c1-4-24(5-2)21(17-9-7-6-8-10-17)22(27)28-15-18-13-20(26)25-14-16(3)11-12-19(25)23-18/h6-14,21H,4-5,15H2,1-3H3. The van der Waals surface area contributed by atoms with Crippen LogP contribution >= 0.6 is 0 Å². The largest absolute Gasteiger partial charge is 0.458 e. The van der Waals surface area contributed by atoms with E-state index in [1.807, 2.05) is 62.1 Å². The third-order valence-electron chi connectivity index (χ3n) is 4.74. The number of carbonyl (C=O) groups excluding carboxylic acids is 1. The maximum Gasteiger partial charge on any atom is 0.328 e. The third-order valence-corrected chi connectivity index (χ3v) is 4.74. The van der Waals surface area contributed by atoms with Crippen molar-refractivity contribution < 1.29 is 9.53 Å². The Labute approximate surface area is 164 Å². The summed E-state index contributed by atoms with van der Waals surface area (Å²) in [6.07, 6.45) is 1.74. The van der Waals surface area contributed by atoms with Gasteiger partial charge in [0.2, 0.25) is 0 Å². The summed E-state index contributed by atoms with van der Waals surface area (Å²) in [5.74, 6) is -0.346. The predicted octanol–water partition coefficient (Wildman–Crippen LogP) is 3.13. The fourth-order valence-corrected chi connectivity index (χ4v) is 3.28. The molecule has 3 rings (SSSR count). The Kier molecular flexibility index (Phi) is 6.21. The minimum atomic E-state index is -0.486. The van der Waals surface area contributed by atoms with Crippen LogP contribution in [0.2, 0.25) is 0 Å². The lowest BCUT2D eigenvalue weighted by Crippen LogP contribution is -2.35. The summed E-state index contributed by atoms with van der Waals surface area (Å²) in [5, 5.41) is 0. The quantitative estimate of drug-likeness (QED) is 0.590. The van der Waals surface area contributed by atoms with E-state index in [2.05, 4.69) is 4.98 Å². The van der Waals surface area contributed by atoms with Gasteiger partial charge in [0.1, 0.15) is 18.3 Å². The van der Waals surface area contributed by atoms with Gasteiger partial charge in [0, 0.05) is 12.3 Å². The van der Waals surface area contributed by atoms with Crippen LogP contribution < -0.4 is 5.56 Å². The zero-order valence-corrected chi connectivity index (χ0v) is 16.5. The zero-order valence-electron chi connectivity index (χ0n) is 16.5. The van der Waals surface area contributed by atoms with E-state index in [0.29, 0.717) is 11.3 Å². The van der Waals surface area contributed by atoms with Crippen molar-refractivity contribution >= 4 is 11.6 Å². The van der Waals surface area contributed by atoms with Crippen LogP contribution in [0, 0.1) is 6.92 Å². The molecule has 0 amide bonds. The second kappa shape index (κ2) is 8.80. The molecule has 1 aromatic carbocycles. The average Bonchev–Trinajstić information content (AvgIpc) is 2.71. The summed E-state index contributed by atoms with van der Waals surface area (Å²) < 4.78 is 7.06. The van der Waals surface area contributed by atoms with Gasteiger partial charge in [-0.05, 0) is 37.2 Å². The molecule has 0 saturated carbocycles. The van der Waals surface area contributed by atoms with E-state index < -0.39 is 6.04 Å². The highest BCUT2D eigenvalue weighted by Gasteiger charge is 2.27. The lowest BCUT2D eigenvalue weighted by molar-refractivity contribution is -0.151. The number of nitrogens with zero attached hydrogens (tertiary/aromatic N) is 3. The van der Waals surface area contributed by atoms with Crippen LogP contribution in [0.15, 0.2) is 59.5 Å². The number of pyridine rings is 1. The number of benzene rings is 1. The third kappa shape index (κ3) is 4.28. The zero-order chi connectivity index (χ0) is 20.1. The first-order chi connectivity index (χ1) is 13.5. The van der Waals surface area contributed by atoms with Gasteiger partial charge in [-0.2, -0.15) is 0 Å². The Hall–Kier alpha value is -2.99. The van der Waals surface area contributed by atoms with E-state index in [4.69, 9.17) is 4.74 Å². The number of rotatable bonds is 7. The summed E-state index contributed by atoms with van der Waals surface area (Å²) in [6, 6.07) is 14.2. The molecular formula is C22H25N3O3. The van der Waals surface area contributed by atoms with Gasteiger partial charge in [-0.15, -0.1) is 0 Å². The van der Waals surface area contributed by atoms with Gasteiger partial charge in [0.15, 0.2) is 0 Å². The topological polar surface area (TPSA) is 63.9 Å². The van der Waals surface area contributed by atoms with Crippen molar-refractivity contribution in [3.8, 4) is 0 Å². The number of ether oxygens (including phenoxy) is 1. The SMILES string of the molecule is CCN(CC)C(C(=O)OCc1cc(=O)n2cc(C)ccc2n1)c1ccccc1. The molecule has 0 saturated heterocycles. The molecule has 0 spiro atoms. The maximum absolute atomic E-state index is 12.9. The highest BCUT2D eigenvalue weighted by Crippen LogP contribution is 2.22.